The quantitative estimate of drug-likeness (QED) is 0.809. The van der Waals surface area contributed by atoms with E-state index in [2.05, 4.69) is 9.88 Å². The van der Waals surface area contributed by atoms with E-state index in [1.807, 2.05) is 43.3 Å². The monoisotopic (exact) mass is 351 g/mol. The van der Waals surface area contributed by atoms with Gasteiger partial charge in [0.2, 0.25) is 0 Å². The number of likely N-dealkylation sites (tertiary alicyclic amines) is 1. The number of aryl methyl sites for hydroxylation is 1. The molecule has 0 radical (unpaired) electrons. The molecular weight excluding hydrogens is 326 g/mol. The molecule has 1 fully saturated rings. The zero-order valence-electron chi connectivity index (χ0n) is 15.3. The molecule has 5 nitrogen and oxygen atoms in total. The first-order valence-corrected chi connectivity index (χ1v) is 9.27. The number of rotatable bonds is 6. The van der Waals surface area contributed by atoms with Crippen molar-refractivity contribution in [1.82, 2.24) is 9.88 Å². The maximum absolute atomic E-state index is 12.0. The van der Waals surface area contributed by atoms with Gasteiger partial charge in [0.05, 0.1) is 6.61 Å². The first-order chi connectivity index (χ1) is 12.7. The van der Waals surface area contributed by atoms with Crippen molar-refractivity contribution in [3.05, 3.63) is 51.9 Å². The van der Waals surface area contributed by atoms with E-state index in [-0.39, 0.29) is 11.1 Å². The summed E-state index contributed by atoms with van der Waals surface area (Å²) in [7, 11) is 0. The summed E-state index contributed by atoms with van der Waals surface area (Å²) in [6.07, 6.45) is 4.96. The number of nitriles is 1. The summed E-state index contributed by atoms with van der Waals surface area (Å²) in [4.78, 5) is 17.2. The van der Waals surface area contributed by atoms with Crippen molar-refractivity contribution in [1.29, 1.82) is 5.26 Å². The Balaban J connectivity index is 1.65. The molecule has 1 aromatic carbocycles. The van der Waals surface area contributed by atoms with Crippen LogP contribution in [0.3, 0.4) is 0 Å². The van der Waals surface area contributed by atoms with Crippen LogP contribution in [0.15, 0.2) is 35.1 Å². The summed E-state index contributed by atoms with van der Waals surface area (Å²) >= 11 is 0. The largest absolute Gasteiger partial charge is 0.494 e. The fourth-order valence-electron chi connectivity index (χ4n) is 3.44. The smallest absolute Gasteiger partial charge is 0.266 e. The molecule has 3 rings (SSSR count). The molecule has 0 aliphatic carbocycles. The molecule has 5 heteroatoms. The van der Waals surface area contributed by atoms with Gasteiger partial charge in [-0.3, -0.25) is 4.79 Å². The lowest BCUT2D eigenvalue weighted by Gasteiger charge is -2.26. The lowest BCUT2D eigenvalue weighted by molar-refractivity contribution is 0.205. The topological polar surface area (TPSA) is 69.1 Å². The Bertz CT molecular complexity index is 845. The Morgan fingerprint density at radius 2 is 2.04 bits per heavy atom. The van der Waals surface area contributed by atoms with E-state index in [1.54, 1.807) is 0 Å². The van der Waals surface area contributed by atoms with E-state index in [4.69, 9.17) is 4.74 Å². The zero-order valence-corrected chi connectivity index (χ0v) is 15.3. The Morgan fingerprint density at radius 1 is 1.23 bits per heavy atom. The maximum atomic E-state index is 12.0. The molecule has 0 spiro atoms. The highest BCUT2D eigenvalue weighted by Gasteiger charge is 2.11. The van der Waals surface area contributed by atoms with Gasteiger partial charge in [-0.05, 0) is 63.0 Å². The van der Waals surface area contributed by atoms with Gasteiger partial charge < -0.3 is 14.6 Å². The van der Waals surface area contributed by atoms with Crippen LogP contribution < -0.4 is 10.3 Å². The number of hydrogen-bond acceptors (Lipinski definition) is 4. The third-order valence-electron chi connectivity index (χ3n) is 4.76. The minimum atomic E-state index is -0.352. The number of aromatic amines is 1. The van der Waals surface area contributed by atoms with E-state index in [9.17, 15) is 10.1 Å². The van der Waals surface area contributed by atoms with Gasteiger partial charge in [0.15, 0.2) is 0 Å². The number of nitrogens with zero attached hydrogens (tertiary/aromatic N) is 2. The summed E-state index contributed by atoms with van der Waals surface area (Å²) in [6.45, 7) is 5.96. The molecule has 0 atom stereocenters. The average molecular weight is 351 g/mol. The molecule has 2 aromatic rings. The second-order valence-electron chi connectivity index (χ2n) is 6.81. The van der Waals surface area contributed by atoms with Crippen LogP contribution in [-0.2, 0) is 0 Å². The zero-order chi connectivity index (χ0) is 18.4. The van der Waals surface area contributed by atoms with E-state index in [0.29, 0.717) is 12.2 Å². The number of H-pyrrole nitrogens is 1. The number of aromatic nitrogens is 1. The van der Waals surface area contributed by atoms with Gasteiger partial charge in [0.25, 0.3) is 5.56 Å². The van der Waals surface area contributed by atoms with Gasteiger partial charge in [-0.1, -0.05) is 18.6 Å². The van der Waals surface area contributed by atoms with Crippen LogP contribution in [0, 0.1) is 18.3 Å². The molecule has 2 heterocycles. The van der Waals surface area contributed by atoms with Crippen molar-refractivity contribution in [3.63, 3.8) is 0 Å². The standard InChI is InChI=1S/C21H25N3O2/c1-16-13-19(20(15-22)21(25)23-16)17-7-5-8-18(14-17)26-12-6-11-24-9-3-2-4-10-24/h5,7-8,13-14H,2-4,6,9-12H2,1H3,(H,23,25). The van der Waals surface area contributed by atoms with Gasteiger partial charge in [-0.15, -0.1) is 0 Å². The van der Waals surface area contributed by atoms with Crippen LogP contribution in [0.5, 0.6) is 5.75 Å². The normalized spacial score (nSPS) is 14.8. The predicted octanol–water partition coefficient (Wildman–Crippen LogP) is 3.48. The minimum absolute atomic E-state index is 0.137. The Labute approximate surface area is 154 Å². The lowest BCUT2D eigenvalue weighted by atomic mass is 10.0. The number of nitrogens with one attached hydrogen (secondary N) is 1. The third kappa shape index (κ3) is 4.53. The lowest BCUT2D eigenvalue weighted by Crippen LogP contribution is -2.31. The second-order valence-corrected chi connectivity index (χ2v) is 6.81. The van der Waals surface area contributed by atoms with Gasteiger partial charge in [0, 0.05) is 17.8 Å². The minimum Gasteiger partial charge on any atom is -0.494 e. The number of benzene rings is 1. The highest BCUT2D eigenvalue weighted by atomic mass is 16.5. The van der Waals surface area contributed by atoms with Crippen LogP contribution in [0.1, 0.15) is 36.9 Å². The van der Waals surface area contributed by atoms with E-state index in [1.165, 1.54) is 32.4 Å². The highest BCUT2D eigenvalue weighted by molar-refractivity contribution is 5.71. The second kappa shape index (κ2) is 8.68. The molecule has 136 valence electrons. The fraction of sp³-hybridized carbons (Fsp3) is 0.429. The van der Waals surface area contributed by atoms with Gasteiger partial charge in [0.1, 0.15) is 17.4 Å². The Morgan fingerprint density at radius 3 is 2.81 bits per heavy atom. The number of piperidine rings is 1. The first kappa shape index (κ1) is 18.2. The molecule has 0 amide bonds. The highest BCUT2D eigenvalue weighted by Crippen LogP contribution is 2.26. The molecule has 1 N–H and O–H groups in total. The van der Waals surface area contributed by atoms with Crippen molar-refractivity contribution in [2.75, 3.05) is 26.2 Å². The molecule has 0 saturated carbocycles. The maximum Gasteiger partial charge on any atom is 0.266 e. The van der Waals surface area contributed by atoms with E-state index < -0.39 is 0 Å². The van der Waals surface area contributed by atoms with Gasteiger partial charge in [-0.25, -0.2) is 0 Å². The predicted molar refractivity (Wildman–Crippen MR) is 102 cm³/mol. The Hall–Kier alpha value is -2.58. The van der Waals surface area contributed by atoms with Crippen molar-refractivity contribution >= 4 is 0 Å². The fourth-order valence-corrected chi connectivity index (χ4v) is 3.44. The van der Waals surface area contributed by atoms with Crippen molar-refractivity contribution < 1.29 is 4.74 Å². The van der Waals surface area contributed by atoms with Gasteiger partial charge in [-0.2, -0.15) is 5.26 Å². The molecule has 1 aliphatic heterocycles. The number of hydrogen-bond donors (Lipinski definition) is 1. The van der Waals surface area contributed by atoms with Crippen molar-refractivity contribution in [3.8, 4) is 22.9 Å². The van der Waals surface area contributed by atoms with E-state index >= 15 is 0 Å². The Kier molecular flexibility index (Phi) is 6.08. The summed E-state index contributed by atoms with van der Waals surface area (Å²) < 4.78 is 5.90. The van der Waals surface area contributed by atoms with Crippen LogP contribution in [0.25, 0.3) is 11.1 Å². The summed E-state index contributed by atoms with van der Waals surface area (Å²) in [5, 5.41) is 9.31. The molecule has 0 bridgehead atoms. The SMILES string of the molecule is Cc1cc(-c2cccc(OCCCN3CCCCC3)c2)c(C#N)c(=O)[nH]1. The van der Waals surface area contributed by atoms with E-state index in [0.717, 1.165) is 30.0 Å². The van der Waals surface area contributed by atoms with Crippen LogP contribution >= 0.6 is 0 Å². The summed E-state index contributed by atoms with van der Waals surface area (Å²) in [5.41, 5.74) is 1.99. The van der Waals surface area contributed by atoms with Crippen molar-refractivity contribution in [2.24, 2.45) is 0 Å². The molecule has 1 aromatic heterocycles. The summed E-state index contributed by atoms with van der Waals surface area (Å²) in [5.74, 6) is 0.767. The average Bonchev–Trinajstić information content (AvgIpc) is 2.66. The molecular formula is C21H25N3O2. The number of pyridine rings is 1. The molecule has 0 unspecified atom stereocenters. The molecule has 1 saturated heterocycles. The number of ether oxygens (including phenoxy) is 1. The van der Waals surface area contributed by atoms with Gasteiger partial charge >= 0.3 is 0 Å². The third-order valence-corrected chi connectivity index (χ3v) is 4.76. The summed E-state index contributed by atoms with van der Waals surface area (Å²) in [6, 6.07) is 11.4. The first-order valence-electron chi connectivity index (χ1n) is 9.27. The van der Waals surface area contributed by atoms with Crippen LogP contribution in [0.2, 0.25) is 0 Å². The molecule has 1 aliphatic rings. The molecule has 26 heavy (non-hydrogen) atoms. The van der Waals surface area contributed by atoms with Crippen LogP contribution in [0.4, 0.5) is 0 Å². The van der Waals surface area contributed by atoms with Crippen molar-refractivity contribution in [2.45, 2.75) is 32.6 Å². The van der Waals surface area contributed by atoms with Crippen LogP contribution in [-0.4, -0.2) is 36.1 Å².